The third-order valence-corrected chi connectivity index (χ3v) is 4.60. The highest BCUT2D eigenvalue weighted by Gasteiger charge is 2.32. The third-order valence-electron chi connectivity index (χ3n) is 2.73. The van der Waals surface area contributed by atoms with Crippen LogP contribution in [0.2, 0.25) is 0 Å². The molecule has 1 aromatic rings. The lowest BCUT2D eigenvalue weighted by Gasteiger charge is -2.22. The highest BCUT2D eigenvalue weighted by Crippen LogP contribution is 2.53. The minimum atomic E-state index is -4.52. The molecule has 0 spiro atoms. The molecule has 0 aromatic heterocycles. The van der Waals surface area contributed by atoms with E-state index in [-0.39, 0.29) is 11.4 Å². The quantitative estimate of drug-likeness (QED) is 0.348. The second kappa shape index (κ2) is 9.39. The zero-order valence-corrected chi connectivity index (χ0v) is 16.6. The van der Waals surface area contributed by atoms with Gasteiger partial charge in [0.25, 0.3) is 5.91 Å². The molecule has 0 aliphatic rings. The molecule has 1 aromatic carbocycles. The Morgan fingerprint density at radius 2 is 1.70 bits per heavy atom. The summed E-state index contributed by atoms with van der Waals surface area (Å²) in [6, 6.07) is 4.18. The molecule has 0 fully saturated rings. The van der Waals surface area contributed by atoms with Gasteiger partial charge >= 0.3 is 14.0 Å². The third kappa shape index (κ3) is 8.60. The lowest BCUT2D eigenvalue weighted by Crippen LogP contribution is -2.12. The van der Waals surface area contributed by atoms with E-state index in [1.165, 1.54) is 19.1 Å². The molecular formula is C17H23F3NO5P. The van der Waals surface area contributed by atoms with E-state index in [1.54, 1.807) is 27.7 Å². The summed E-state index contributed by atoms with van der Waals surface area (Å²) < 4.78 is 66.2. The zero-order chi connectivity index (χ0) is 20.8. The van der Waals surface area contributed by atoms with Crippen LogP contribution in [0.3, 0.4) is 0 Å². The molecule has 0 unspecified atom stereocenters. The molecule has 152 valence electrons. The van der Waals surface area contributed by atoms with E-state index in [1.807, 2.05) is 0 Å². The minimum Gasteiger partial charge on any atom is -0.409 e. The number of hydrogen-bond acceptors (Lipinski definition) is 5. The van der Waals surface area contributed by atoms with Crippen molar-refractivity contribution in [3.8, 4) is 0 Å². The van der Waals surface area contributed by atoms with Crippen LogP contribution in [-0.4, -0.2) is 18.1 Å². The van der Waals surface area contributed by atoms with Gasteiger partial charge in [0.15, 0.2) is 0 Å². The number of carbonyl (C=O) groups is 1. The SMILES string of the molecule is C/C(=C\C(=O)Nc1cccc(C(F)(F)F)c1)OP(=O)(OC(C)C)OC(C)C. The largest absolute Gasteiger partial charge is 0.530 e. The maximum absolute atomic E-state index is 12.7. The van der Waals surface area contributed by atoms with Gasteiger partial charge in [-0.15, -0.1) is 0 Å². The van der Waals surface area contributed by atoms with E-state index in [4.69, 9.17) is 13.6 Å². The second-order valence-corrected chi connectivity index (χ2v) is 7.67. The fraction of sp³-hybridized carbons (Fsp3) is 0.471. The number of anilines is 1. The number of benzene rings is 1. The maximum atomic E-state index is 12.7. The van der Waals surface area contributed by atoms with Gasteiger partial charge in [-0.1, -0.05) is 6.07 Å². The molecule has 27 heavy (non-hydrogen) atoms. The molecule has 0 bridgehead atoms. The molecular weight excluding hydrogens is 386 g/mol. The van der Waals surface area contributed by atoms with Crippen molar-refractivity contribution in [3.05, 3.63) is 41.7 Å². The lowest BCUT2D eigenvalue weighted by molar-refractivity contribution is -0.137. The first-order valence-corrected chi connectivity index (χ1v) is 9.60. The molecule has 0 saturated carbocycles. The van der Waals surface area contributed by atoms with Gasteiger partial charge in [0, 0.05) is 11.8 Å². The number of alkyl halides is 3. The molecule has 1 N–H and O–H groups in total. The van der Waals surface area contributed by atoms with Crippen LogP contribution in [0.1, 0.15) is 40.2 Å². The zero-order valence-electron chi connectivity index (χ0n) is 15.7. The Balaban J connectivity index is 2.86. The van der Waals surface area contributed by atoms with E-state index in [9.17, 15) is 22.5 Å². The van der Waals surface area contributed by atoms with Crippen molar-refractivity contribution in [2.75, 3.05) is 5.32 Å². The van der Waals surface area contributed by atoms with E-state index in [0.29, 0.717) is 0 Å². The van der Waals surface area contributed by atoms with Crippen molar-refractivity contribution in [2.45, 2.75) is 53.0 Å². The first kappa shape index (κ1) is 23.2. The lowest BCUT2D eigenvalue weighted by atomic mass is 10.2. The topological polar surface area (TPSA) is 73.9 Å². The molecule has 1 rings (SSSR count). The maximum Gasteiger partial charge on any atom is 0.530 e. The number of allylic oxidation sites excluding steroid dienone is 1. The van der Waals surface area contributed by atoms with Crippen LogP contribution in [0.4, 0.5) is 18.9 Å². The number of rotatable bonds is 8. The van der Waals surface area contributed by atoms with Gasteiger partial charge in [-0.2, -0.15) is 13.2 Å². The van der Waals surface area contributed by atoms with Crippen LogP contribution < -0.4 is 5.32 Å². The van der Waals surface area contributed by atoms with Crippen molar-refractivity contribution >= 4 is 19.4 Å². The predicted molar refractivity (Wildman–Crippen MR) is 95.0 cm³/mol. The number of halogens is 3. The average molecular weight is 409 g/mol. The fourth-order valence-electron chi connectivity index (χ4n) is 1.92. The molecule has 1 amide bonds. The highest BCUT2D eigenvalue weighted by atomic mass is 31.2. The van der Waals surface area contributed by atoms with Gasteiger partial charge in [0.05, 0.1) is 17.8 Å². The Kier molecular flexibility index (Phi) is 8.07. The first-order chi connectivity index (χ1) is 12.3. The molecule has 10 heteroatoms. The van der Waals surface area contributed by atoms with Crippen LogP contribution in [0.25, 0.3) is 0 Å². The number of amides is 1. The van der Waals surface area contributed by atoms with Gasteiger partial charge < -0.3 is 9.84 Å². The van der Waals surface area contributed by atoms with Crippen LogP contribution in [0.15, 0.2) is 36.1 Å². The van der Waals surface area contributed by atoms with Crippen molar-refractivity contribution in [2.24, 2.45) is 0 Å². The minimum absolute atomic E-state index is 0.0427. The van der Waals surface area contributed by atoms with E-state index in [0.717, 1.165) is 18.2 Å². The summed E-state index contributed by atoms with van der Waals surface area (Å²) in [4.78, 5) is 12.0. The normalized spacial score (nSPS) is 13.2. The Morgan fingerprint density at radius 3 is 2.19 bits per heavy atom. The molecule has 0 aliphatic carbocycles. The van der Waals surface area contributed by atoms with E-state index < -0.39 is 37.7 Å². The molecule has 0 saturated heterocycles. The monoisotopic (exact) mass is 409 g/mol. The van der Waals surface area contributed by atoms with Crippen molar-refractivity contribution in [1.82, 2.24) is 0 Å². The summed E-state index contributed by atoms with van der Waals surface area (Å²) in [7, 11) is -3.95. The second-order valence-electron chi connectivity index (χ2n) is 6.17. The number of nitrogens with one attached hydrogen (secondary N) is 1. The molecule has 0 atom stereocenters. The Bertz CT molecular complexity index is 718. The summed E-state index contributed by atoms with van der Waals surface area (Å²) in [6.45, 7) is 7.90. The van der Waals surface area contributed by atoms with Crippen LogP contribution in [0, 0.1) is 0 Å². The smallest absolute Gasteiger partial charge is 0.409 e. The van der Waals surface area contributed by atoms with Crippen LogP contribution >= 0.6 is 7.82 Å². The molecule has 0 aliphatic heterocycles. The van der Waals surface area contributed by atoms with E-state index >= 15 is 0 Å². The van der Waals surface area contributed by atoms with Gasteiger partial charge in [0.1, 0.15) is 5.76 Å². The molecule has 0 heterocycles. The summed E-state index contributed by atoms with van der Waals surface area (Å²) in [5, 5.41) is 2.29. The van der Waals surface area contributed by atoms with E-state index in [2.05, 4.69) is 5.32 Å². The number of hydrogen-bond donors (Lipinski definition) is 1. The van der Waals surface area contributed by atoms with Gasteiger partial charge in [-0.3, -0.25) is 13.8 Å². The average Bonchev–Trinajstić information content (AvgIpc) is 2.43. The Labute approximate surface area is 156 Å². The summed E-state index contributed by atoms with van der Waals surface area (Å²) in [6.07, 6.45) is -4.49. The highest BCUT2D eigenvalue weighted by molar-refractivity contribution is 7.48. The summed E-state index contributed by atoms with van der Waals surface area (Å²) >= 11 is 0. The Hall–Kier alpha value is -1.83. The van der Waals surface area contributed by atoms with Gasteiger partial charge in [0.2, 0.25) is 0 Å². The molecule has 0 radical (unpaired) electrons. The summed E-state index contributed by atoms with van der Waals surface area (Å²) in [5.74, 6) is -0.837. The number of phosphoric acid groups is 1. The predicted octanol–water partition coefficient (Wildman–Crippen LogP) is 5.52. The van der Waals surface area contributed by atoms with Crippen LogP contribution in [-0.2, 0) is 29.1 Å². The number of phosphoric ester groups is 1. The first-order valence-electron chi connectivity index (χ1n) is 8.14. The van der Waals surface area contributed by atoms with Gasteiger partial charge in [-0.25, -0.2) is 4.57 Å². The van der Waals surface area contributed by atoms with Crippen molar-refractivity contribution in [3.63, 3.8) is 0 Å². The standard InChI is InChI=1S/C17H23F3NO5P/c1-11(2)24-27(23,25-12(3)4)26-13(5)9-16(22)21-15-8-6-7-14(10-15)17(18,19)20/h6-12H,1-5H3,(H,21,22)/b13-9+. The Morgan fingerprint density at radius 1 is 1.15 bits per heavy atom. The summed E-state index contributed by atoms with van der Waals surface area (Å²) in [5.41, 5.74) is -0.934. The van der Waals surface area contributed by atoms with Gasteiger partial charge in [-0.05, 0) is 52.8 Å². The molecule has 6 nitrogen and oxygen atoms in total. The van der Waals surface area contributed by atoms with Crippen molar-refractivity contribution < 1.29 is 36.1 Å². The number of carbonyl (C=O) groups excluding carboxylic acids is 1. The van der Waals surface area contributed by atoms with Crippen LogP contribution in [0.5, 0.6) is 0 Å². The fourth-order valence-corrected chi connectivity index (χ4v) is 3.50. The van der Waals surface area contributed by atoms with Crippen molar-refractivity contribution in [1.29, 1.82) is 0 Å².